The van der Waals surface area contributed by atoms with Crippen molar-refractivity contribution in [1.82, 2.24) is 0 Å². The van der Waals surface area contributed by atoms with Gasteiger partial charge in [-0.15, -0.1) is 0 Å². The Balaban J connectivity index is 2.15. The minimum absolute atomic E-state index is 0.359. The first-order valence-electron chi connectivity index (χ1n) is 7.14. The summed E-state index contributed by atoms with van der Waals surface area (Å²) in [6.07, 6.45) is -3.61. The van der Waals surface area contributed by atoms with Crippen LogP contribution in [0.1, 0.15) is 31.1 Å². The summed E-state index contributed by atoms with van der Waals surface area (Å²) in [4.78, 5) is 34.6. The van der Waals surface area contributed by atoms with Crippen LogP contribution in [0.25, 0.3) is 0 Å². The number of carbonyl (C=O) groups excluding carboxylic acids is 3. The highest BCUT2D eigenvalue weighted by Crippen LogP contribution is 2.28. The van der Waals surface area contributed by atoms with E-state index >= 15 is 0 Å². The van der Waals surface area contributed by atoms with Crippen LogP contribution in [-0.4, -0.2) is 42.5 Å². The lowest BCUT2D eigenvalue weighted by molar-refractivity contribution is -0.194. The SMILES string of the molecule is CC(=O)O[C@@H]1O[C@@H](C)[C@@H](OC(=O)c2ccccc2)[C@@H]1OC(C)=O. The van der Waals surface area contributed by atoms with Gasteiger partial charge in [-0.2, -0.15) is 0 Å². The average molecular weight is 322 g/mol. The molecule has 1 fully saturated rings. The molecule has 0 aliphatic carbocycles. The number of ether oxygens (including phenoxy) is 4. The molecule has 1 heterocycles. The van der Waals surface area contributed by atoms with Gasteiger partial charge in [-0.1, -0.05) is 18.2 Å². The first-order valence-corrected chi connectivity index (χ1v) is 7.14. The van der Waals surface area contributed by atoms with Crippen LogP contribution in [0.4, 0.5) is 0 Å². The van der Waals surface area contributed by atoms with E-state index in [0.717, 1.165) is 0 Å². The molecule has 0 unspecified atom stereocenters. The van der Waals surface area contributed by atoms with Crippen LogP contribution in [0.3, 0.4) is 0 Å². The molecule has 124 valence electrons. The lowest BCUT2D eigenvalue weighted by Gasteiger charge is -2.22. The minimum Gasteiger partial charge on any atom is -0.452 e. The fourth-order valence-electron chi connectivity index (χ4n) is 2.29. The standard InChI is InChI=1S/C16H18O7/c1-9-13(23-15(19)12-7-5-4-6-8-12)14(21-10(2)17)16(20-9)22-11(3)18/h4-9,13-14,16H,1-3H3/t9-,13+,14-,16-/m0/s1. The largest absolute Gasteiger partial charge is 0.452 e. The smallest absolute Gasteiger partial charge is 0.338 e. The summed E-state index contributed by atoms with van der Waals surface area (Å²) in [6, 6.07) is 8.39. The van der Waals surface area contributed by atoms with Crippen molar-refractivity contribution >= 4 is 17.9 Å². The van der Waals surface area contributed by atoms with E-state index in [2.05, 4.69) is 0 Å². The lowest BCUT2D eigenvalue weighted by Crippen LogP contribution is -2.40. The Labute approximate surface area is 133 Å². The first-order chi connectivity index (χ1) is 10.9. The molecule has 0 spiro atoms. The van der Waals surface area contributed by atoms with E-state index in [0.29, 0.717) is 5.56 Å². The maximum Gasteiger partial charge on any atom is 0.338 e. The van der Waals surface area contributed by atoms with Crippen LogP contribution in [0.2, 0.25) is 0 Å². The van der Waals surface area contributed by atoms with Gasteiger partial charge in [-0.25, -0.2) is 4.79 Å². The van der Waals surface area contributed by atoms with Gasteiger partial charge in [-0.3, -0.25) is 9.59 Å². The molecule has 1 aliphatic rings. The zero-order valence-electron chi connectivity index (χ0n) is 13.1. The molecule has 1 aliphatic heterocycles. The molecule has 1 aromatic carbocycles. The quantitative estimate of drug-likeness (QED) is 0.612. The molecule has 7 heteroatoms. The fraction of sp³-hybridized carbons (Fsp3) is 0.438. The summed E-state index contributed by atoms with van der Waals surface area (Å²) in [5.74, 6) is -1.76. The van der Waals surface area contributed by atoms with Gasteiger partial charge in [0.2, 0.25) is 12.4 Å². The van der Waals surface area contributed by atoms with E-state index in [1.165, 1.54) is 13.8 Å². The van der Waals surface area contributed by atoms with Crippen LogP contribution in [-0.2, 0) is 28.5 Å². The molecule has 2 rings (SSSR count). The molecule has 0 bridgehead atoms. The highest BCUT2D eigenvalue weighted by atomic mass is 16.7. The van der Waals surface area contributed by atoms with E-state index in [9.17, 15) is 14.4 Å². The van der Waals surface area contributed by atoms with E-state index in [1.54, 1.807) is 37.3 Å². The summed E-state index contributed by atoms with van der Waals surface area (Å²) >= 11 is 0. The van der Waals surface area contributed by atoms with Crippen LogP contribution < -0.4 is 0 Å². The second-order valence-electron chi connectivity index (χ2n) is 5.13. The third kappa shape index (κ3) is 4.29. The van der Waals surface area contributed by atoms with Gasteiger partial charge in [0, 0.05) is 13.8 Å². The molecule has 0 saturated carbocycles. The second-order valence-corrected chi connectivity index (χ2v) is 5.13. The van der Waals surface area contributed by atoms with Gasteiger partial charge in [0.15, 0.2) is 6.10 Å². The number of rotatable bonds is 4. The van der Waals surface area contributed by atoms with Crippen LogP contribution >= 0.6 is 0 Å². The highest BCUT2D eigenvalue weighted by Gasteiger charge is 2.49. The zero-order chi connectivity index (χ0) is 17.0. The van der Waals surface area contributed by atoms with Gasteiger partial charge in [0.1, 0.15) is 6.10 Å². The first kappa shape index (κ1) is 17.0. The van der Waals surface area contributed by atoms with Crippen molar-refractivity contribution in [1.29, 1.82) is 0 Å². The Bertz CT molecular complexity index is 583. The Morgan fingerprint density at radius 3 is 2.09 bits per heavy atom. The average Bonchev–Trinajstić information content (AvgIpc) is 2.75. The van der Waals surface area contributed by atoms with Crippen molar-refractivity contribution in [3.05, 3.63) is 35.9 Å². The van der Waals surface area contributed by atoms with Gasteiger partial charge in [-0.05, 0) is 19.1 Å². The maximum absolute atomic E-state index is 12.2. The molecule has 23 heavy (non-hydrogen) atoms. The Hall–Kier alpha value is -2.41. The van der Waals surface area contributed by atoms with E-state index in [1.807, 2.05) is 0 Å². The lowest BCUT2D eigenvalue weighted by atomic mass is 10.1. The predicted molar refractivity (Wildman–Crippen MR) is 77.3 cm³/mol. The van der Waals surface area contributed by atoms with Crippen molar-refractivity contribution in [3.8, 4) is 0 Å². The molecule has 0 aromatic heterocycles. The predicted octanol–water partition coefficient (Wildman–Crippen LogP) is 1.45. The molecule has 4 atom stereocenters. The minimum atomic E-state index is -1.11. The maximum atomic E-state index is 12.2. The summed E-state index contributed by atoms with van der Waals surface area (Å²) in [5.41, 5.74) is 0.359. The number of benzene rings is 1. The summed E-state index contributed by atoms with van der Waals surface area (Å²) in [5, 5.41) is 0. The Morgan fingerprint density at radius 2 is 1.52 bits per heavy atom. The molecular formula is C16H18O7. The molecule has 0 N–H and O–H groups in total. The molecule has 7 nitrogen and oxygen atoms in total. The fourth-order valence-corrected chi connectivity index (χ4v) is 2.29. The van der Waals surface area contributed by atoms with Gasteiger partial charge in [0.05, 0.1) is 5.56 Å². The number of esters is 3. The molecule has 0 amide bonds. The molecule has 1 aromatic rings. The van der Waals surface area contributed by atoms with Gasteiger partial charge in [0.25, 0.3) is 0 Å². The third-order valence-corrected chi connectivity index (χ3v) is 3.24. The van der Waals surface area contributed by atoms with Crippen LogP contribution in [0, 0.1) is 0 Å². The van der Waals surface area contributed by atoms with Gasteiger partial charge >= 0.3 is 17.9 Å². The third-order valence-electron chi connectivity index (χ3n) is 3.24. The number of hydrogen-bond acceptors (Lipinski definition) is 7. The number of hydrogen-bond donors (Lipinski definition) is 0. The highest BCUT2D eigenvalue weighted by molar-refractivity contribution is 5.89. The molecular weight excluding hydrogens is 304 g/mol. The van der Waals surface area contributed by atoms with E-state index in [4.69, 9.17) is 18.9 Å². The molecule has 1 saturated heterocycles. The number of carbonyl (C=O) groups is 3. The van der Waals surface area contributed by atoms with Crippen molar-refractivity contribution < 1.29 is 33.3 Å². The van der Waals surface area contributed by atoms with Crippen LogP contribution in [0.15, 0.2) is 30.3 Å². The molecule has 0 radical (unpaired) electrons. The van der Waals surface area contributed by atoms with Crippen LogP contribution in [0.5, 0.6) is 0 Å². The Morgan fingerprint density at radius 1 is 0.913 bits per heavy atom. The zero-order valence-corrected chi connectivity index (χ0v) is 13.1. The Kier molecular flexibility index (Phi) is 5.33. The topological polar surface area (TPSA) is 88.1 Å². The van der Waals surface area contributed by atoms with Gasteiger partial charge < -0.3 is 18.9 Å². The normalized spacial score (nSPS) is 26.4. The van der Waals surface area contributed by atoms with E-state index in [-0.39, 0.29) is 0 Å². The summed E-state index contributed by atoms with van der Waals surface area (Å²) in [6.45, 7) is 4.06. The van der Waals surface area contributed by atoms with Crippen molar-refractivity contribution in [2.45, 2.75) is 45.4 Å². The summed E-state index contributed by atoms with van der Waals surface area (Å²) < 4.78 is 20.9. The van der Waals surface area contributed by atoms with E-state index < -0.39 is 42.5 Å². The van der Waals surface area contributed by atoms with Crippen molar-refractivity contribution in [2.75, 3.05) is 0 Å². The van der Waals surface area contributed by atoms with Crippen molar-refractivity contribution in [2.24, 2.45) is 0 Å². The monoisotopic (exact) mass is 322 g/mol. The summed E-state index contributed by atoms with van der Waals surface area (Å²) in [7, 11) is 0. The van der Waals surface area contributed by atoms with Crippen molar-refractivity contribution in [3.63, 3.8) is 0 Å². The second kappa shape index (κ2) is 7.23.